The van der Waals surface area contributed by atoms with E-state index in [2.05, 4.69) is 100 Å². The zero-order valence-electron chi connectivity index (χ0n) is 18.1. The molecule has 0 saturated carbocycles. The molecule has 5 rings (SSSR count). The van der Waals surface area contributed by atoms with E-state index < -0.39 is 0 Å². The van der Waals surface area contributed by atoms with Crippen LogP contribution >= 0.6 is 11.8 Å². The van der Waals surface area contributed by atoms with Gasteiger partial charge in [0.05, 0.1) is 24.6 Å². The predicted octanol–water partition coefficient (Wildman–Crippen LogP) is 5.63. The second-order valence-corrected chi connectivity index (χ2v) is 8.86. The Balaban J connectivity index is 1.58. The molecule has 1 aromatic heterocycles. The van der Waals surface area contributed by atoms with Crippen molar-refractivity contribution in [3.05, 3.63) is 91.0 Å². The van der Waals surface area contributed by atoms with Crippen LogP contribution in [-0.4, -0.2) is 53.1 Å². The highest BCUT2D eigenvalue weighted by Crippen LogP contribution is 2.38. The van der Waals surface area contributed by atoms with Crippen LogP contribution < -0.4 is 0 Å². The number of hydrogen-bond donors (Lipinski definition) is 0. The molecule has 0 N–H and O–H groups in total. The zero-order chi connectivity index (χ0) is 21.6. The Morgan fingerprint density at radius 2 is 1.34 bits per heavy atom. The van der Waals surface area contributed by atoms with Gasteiger partial charge in [0, 0.05) is 42.2 Å². The van der Waals surface area contributed by atoms with Gasteiger partial charge in [0.2, 0.25) is 0 Å². The number of nitrogens with zero attached hydrogens (tertiary/aromatic N) is 3. The Bertz CT molecular complexity index is 1120. The van der Waals surface area contributed by atoms with Gasteiger partial charge in [-0.1, -0.05) is 90.6 Å². The molecule has 1 aliphatic rings. The van der Waals surface area contributed by atoms with Crippen LogP contribution in [0.4, 0.5) is 0 Å². The molecule has 0 aliphatic carbocycles. The summed E-state index contributed by atoms with van der Waals surface area (Å²) in [6.07, 6.45) is 0. The molecule has 1 saturated heterocycles. The van der Waals surface area contributed by atoms with Crippen molar-refractivity contribution in [3.8, 4) is 28.2 Å². The highest BCUT2D eigenvalue weighted by Gasteiger charge is 2.22. The topological polar surface area (TPSA) is 30.3 Å². The lowest BCUT2D eigenvalue weighted by Crippen LogP contribution is -2.37. The Hall–Kier alpha value is -2.86. The van der Waals surface area contributed by atoms with Crippen molar-refractivity contribution in [2.75, 3.05) is 38.6 Å². The third-order valence-electron chi connectivity index (χ3n) is 5.70. The number of morpholine rings is 1. The maximum absolute atomic E-state index is 5.49. The maximum atomic E-state index is 5.49. The number of para-hydroxylation sites is 1. The van der Waals surface area contributed by atoms with E-state index in [1.165, 1.54) is 5.56 Å². The van der Waals surface area contributed by atoms with E-state index in [0.717, 1.165) is 66.4 Å². The molecule has 0 spiro atoms. The summed E-state index contributed by atoms with van der Waals surface area (Å²) in [6.45, 7) is 4.73. The lowest BCUT2D eigenvalue weighted by molar-refractivity contribution is 0.0410. The van der Waals surface area contributed by atoms with Crippen LogP contribution in [0.2, 0.25) is 0 Å². The van der Waals surface area contributed by atoms with Crippen molar-refractivity contribution in [1.29, 1.82) is 0 Å². The fourth-order valence-electron chi connectivity index (χ4n) is 4.06. The van der Waals surface area contributed by atoms with Crippen molar-refractivity contribution in [3.63, 3.8) is 0 Å². The Kier molecular flexibility index (Phi) is 6.68. The molecular weight excluding hydrogens is 414 g/mol. The number of aromatic nitrogens is 2. The van der Waals surface area contributed by atoms with Crippen molar-refractivity contribution >= 4 is 11.8 Å². The van der Waals surface area contributed by atoms with Gasteiger partial charge >= 0.3 is 0 Å². The van der Waals surface area contributed by atoms with E-state index in [-0.39, 0.29) is 0 Å². The smallest absolute Gasteiger partial charge is 0.173 e. The van der Waals surface area contributed by atoms with Gasteiger partial charge < -0.3 is 4.74 Å². The highest BCUT2D eigenvalue weighted by atomic mass is 32.2. The van der Waals surface area contributed by atoms with Crippen LogP contribution in [-0.2, 0) is 4.74 Å². The summed E-state index contributed by atoms with van der Waals surface area (Å²) in [5, 5.41) is 1.03. The molecular formula is C27H27N3OS. The van der Waals surface area contributed by atoms with Gasteiger partial charge in [0.25, 0.3) is 0 Å². The quantitative estimate of drug-likeness (QED) is 0.348. The predicted molar refractivity (Wildman–Crippen MR) is 132 cm³/mol. The summed E-state index contributed by atoms with van der Waals surface area (Å²) in [5.41, 5.74) is 5.60. The average Bonchev–Trinajstić information content (AvgIpc) is 3.26. The summed E-state index contributed by atoms with van der Waals surface area (Å²) in [5.74, 6) is 0.992. The van der Waals surface area contributed by atoms with Gasteiger partial charge in [-0.15, -0.1) is 0 Å². The molecule has 0 unspecified atom stereocenters. The molecule has 32 heavy (non-hydrogen) atoms. The first-order valence-corrected chi connectivity index (χ1v) is 12.1. The lowest BCUT2D eigenvalue weighted by atomic mass is 10.0. The average molecular weight is 442 g/mol. The summed E-state index contributed by atoms with van der Waals surface area (Å²) in [7, 11) is 0. The molecule has 0 bridgehead atoms. The number of ether oxygens (including phenoxy) is 1. The van der Waals surface area contributed by atoms with Crippen LogP contribution in [0.15, 0.2) is 96.2 Å². The fourth-order valence-corrected chi connectivity index (χ4v) is 5.08. The van der Waals surface area contributed by atoms with Crippen molar-refractivity contribution in [2.24, 2.45) is 0 Å². The first-order chi connectivity index (χ1) is 15.9. The lowest BCUT2D eigenvalue weighted by Gasteiger charge is -2.26. The molecule has 0 radical (unpaired) electrons. The largest absolute Gasteiger partial charge is 0.379 e. The Morgan fingerprint density at radius 1 is 0.750 bits per heavy atom. The minimum Gasteiger partial charge on any atom is -0.379 e. The van der Waals surface area contributed by atoms with Gasteiger partial charge in [0.1, 0.15) is 0 Å². The maximum Gasteiger partial charge on any atom is 0.173 e. The monoisotopic (exact) mass is 441 g/mol. The highest BCUT2D eigenvalue weighted by molar-refractivity contribution is 7.99. The standard InChI is InChI=1S/C27H27N3OS/c1-4-10-22(11-5-1)25-26(23-12-6-2-7-13-23)30(24-14-8-3-9-15-24)27(28-25)32-21-18-29-16-19-31-20-17-29/h1-15H,16-21H2. The minimum atomic E-state index is 0.833. The van der Waals surface area contributed by atoms with Crippen molar-refractivity contribution in [2.45, 2.75) is 5.16 Å². The van der Waals surface area contributed by atoms with Crippen molar-refractivity contribution in [1.82, 2.24) is 14.5 Å². The molecule has 4 aromatic rings. The number of rotatable bonds is 7. The van der Waals surface area contributed by atoms with Crippen LogP contribution in [0.25, 0.3) is 28.2 Å². The SMILES string of the molecule is c1ccc(-c2nc(SCCN3CCOCC3)n(-c3ccccc3)c2-c2ccccc2)cc1. The summed E-state index contributed by atoms with van der Waals surface area (Å²) in [6, 6.07) is 31.7. The molecule has 1 aliphatic heterocycles. The fraction of sp³-hybridized carbons (Fsp3) is 0.222. The molecule has 2 heterocycles. The third-order valence-corrected chi connectivity index (χ3v) is 6.62. The van der Waals surface area contributed by atoms with Gasteiger partial charge in [-0.2, -0.15) is 0 Å². The first-order valence-electron chi connectivity index (χ1n) is 11.1. The molecule has 1 fully saturated rings. The summed E-state index contributed by atoms with van der Waals surface area (Å²) >= 11 is 1.83. The number of imidazole rings is 1. The normalized spacial score (nSPS) is 14.5. The second kappa shape index (κ2) is 10.2. The third kappa shape index (κ3) is 4.65. The molecule has 5 heteroatoms. The molecule has 162 valence electrons. The summed E-state index contributed by atoms with van der Waals surface area (Å²) < 4.78 is 7.81. The Morgan fingerprint density at radius 3 is 2.00 bits per heavy atom. The van der Waals surface area contributed by atoms with Crippen LogP contribution in [0.3, 0.4) is 0 Å². The van der Waals surface area contributed by atoms with Crippen molar-refractivity contribution < 1.29 is 4.74 Å². The minimum absolute atomic E-state index is 0.833. The summed E-state index contributed by atoms with van der Waals surface area (Å²) in [4.78, 5) is 7.67. The van der Waals surface area contributed by atoms with Crippen LogP contribution in [0.5, 0.6) is 0 Å². The van der Waals surface area contributed by atoms with Crippen LogP contribution in [0.1, 0.15) is 0 Å². The van der Waals surface area contributed by atoms with E-state index in [1.807, 2.05) is 11.8 Å². The second-order valence-electron chi connectivity index (χ2n) is 7.80. The molecule has 0 atom stereocenters. The van der Waals surface area contributed by atoms with E-state index in [0.29, 0.717) is 0 Å². The van der Waals surface area contributed by atoms with Gasteiger partial charge in [-0.3, -0.25) is 9.47 Å². The number of thioether (sulfide) groups is 1. The molecule has 0 amide bonds. The number of benzene rings is 3. The van der Waals surface area contributed by atoms with Gasteiger partial charge in [-0.25, -0.2) is 4.98 Å². The molecule has 4 nitrogen and oxygen atoms in total. The Labute approximate surface area is 193 Å². The van der Waals surface area contributed by atoms with Gasteiger partial charge in [-0.05, 0) is 12.1 Å². The first kappa shape index (κ1) is 21.0. The van der Waals surface area contributed by atoms with Gasteiger partial charge in [0.15, 0.2) is 5.16 Å². The van der Waals surface area contributed by atoms with E-state index in [4.69, 9.17) is 9.72 Å². The molecule has 3 aromatic carbocycles. The zero-order valence-corrected chi connectivity index (χ0v) is 18.9. The van der Waals surface area contributed by atoms with E-state index in [1.54, 1.807) is 0 Å². The van der Waals surface area contributed by atoms with E-state index in [9.17, 15) is 0 Å². The number of hydrogen-bond acceptors (Lipinski definition) is 4. The van der Waals surface area contributed by atoms with Crippen LogP contribution in [0, 0.1) is 0 Å². The van der Waals surface area contributed by atoms with E-state index >= 15 is 0 Å².